The van der Waals surface area contributed by atoms with Crippen LogP contribution in [0.15, 0.2) is 0 Å². The lowest BCUT2D eigenvalue weighted by atomic mass is 9.68. The third-order valence-electron chi connectivity index (χ3n) is 4.33. The molecule has 0 aliphatic rings. The average Bonchev–Trinajstić information content (AvgIpc) is 2.33. The Morgan fingerprint density at radius 2 is 1.55 bits per heavy atom. The number of unbranched alkanes of at least 4 members (excludes halogenated alkanes) is 1. The molecule has 4 nitrogen and oxygen atoms in total. The van der Waals surface area contributed by atoms with E-state index in [1.807, 2.05) is 13.8 Å². The quantitative estimate of drug-likeness (QED) is 0.474. The Morgan fingerprint density at radius 1 is 1.00 bits per heavy atom. The molecular formula is C17H37O4P. The van der Waals surface area contributed by atoms with Gasteiger partial charge in [0, 0.05) is 7.11 Å². The van der Waals surface area contributed by atoms with E-state index in [4.69, 9.17) is 4.52 Å². The molecule has 2 atom stereocenters. The summed E-state index contributed by atoms with van der Waals surface area (Å²) in [5.74, 6) is 0. The summed E-state index contributed by atoms with van der Waals surface area (Å²) in [6, 6.07) is 0. The van der Waals surface area contributed by atoms with E-state index in [9.17, 15) is 9.46 Å². The third-order valence-corrected chi connectivity index (χ3v) is 5.46. The SMILES string of the molecule is CCCCC(C)(C)CC(C)(C)CC(C)(CC)OP(=O)(O)OC. The van der Waals surface area contributed by atoms with E-state index in [0.717, 1.165) is 12.8 Å². The lowest BCUT2D eigenvalue weighted by Crippen LogP contribution is -2.35. The summed E-state index contributed by atoms with van der Waals surface area (Å²) in [5.41, 5.74) is -0.376. The summed E-state index contributed by atoms with van der Waals surface area (Å²) < 4.78 is 21.8. The second kappa shape index (κ2) is 8.28. The maximum absolute atomic E-state index is 11.8. The monoisotopic (exact) mass is 336 g/mol. The van der Waals surface area contributed by atoms with Gasteiger partial charge in [-0.15, -0.1) is 0 Å². The Morgan fingerprint density at radius 3 is 1.95 bits per heavy atom. The maximum Gasteiger partial charge on any atom is 0.472 e. The third kappa shape index (κ3) is 8.67. The van der Waals surface area contributed by atoms with Crippen LogP contribution in [0.5, 0.6) is 0 Å². The van der Waals surface area contributed by atoms with Gasteiger partial charge in [0.1, 0.15) is 0 Å². The summed E-state index contributed by atoms with van der Waals surface area (Å²) in [6.07, 6.45) is 6.09. The molecule has 0 amide bonds. The van der Waals surface area contributed by atoms with E-state index in [-0.39, 0.29) is 10.8 Å². The molecule has 0 spiro atoms. The highest BCUT2D eigenvalue weighted by Crippen LogP contribution is 2.51. The highest BCUT2D eigenvalue weighted by Gasteiger charge is 2.40. The predicted molar refractivity (Wildman–Crippen MR) is 92.9 cm³/mol. The minimum Gasteiger partial charge on any atom is -0.302 e. The van der Waals surface area contributed by atoms with Crippen molar-refractivity contribution in [3.05, 3.63) is 0 Å². The average molecular weight is 336 g/mol. The van der Waals surface area contributed by atoms with Crippen molar-refractivity contribution < 1.29 is 18.5 Å². The number of hydrogen-bond acceptors (Lipinski definition) is 3. The molecule has 5 heteroatoms. The van der Waals surface area contributed by atoms with Gasteiger partial charge >= 0.3 is 7.82 Å². The minimum absolute atomic E-state index is 0.0236. The van der Waals surface area contributed by atoms with Gasteiger partial charge in [0.25, 0.3) is 0 Å². The Balaban J connectivity index is 4.94. The minimum atomic E-state index is -3.97. The van der Waals surface area contributed by atoms with Crippen LogP contribution < -0.4 is 0 Å². The number of rotatable bonds is 11. The first-order valence-electron chi connectivity index (χ1n) is 8.40. The summed E-state index contributed by atoms with van der Waals surface area (Å²) in [6.45, 7) is 15.1. The van der Waals surface area contributed by atoms with E-state index in [2.05, 4.69) is 39.1 Å². The molecule has 2 unspecified atom stereocenters. The van der Waals surface area contributed by atoms with Crippen LogP contribution in [0.1, 0.15) is 87.0 Å². The zero-order chi connectivity index (χ0) is 17.7. The second-order valence-corrected chi connectivity index (χ2v) is 9.82. The van der Waals surface area contributed by atoms with E-state index >= 15 is 0 Å². The van der Waals surface area contributed by atoms with Crippen LogP contribution in [0.3, 0.4) is 0 Å². The Bertz CT molecular complexity index is 379. The highest BCUT2D eigenvalue weighted by atomic mass is 31.2. The fourth-order valence-corrected chi connectivity index (χ4v) is 4.48. The molecule has 0 aromatic heterocycles. The first kappa shape index (κ1) is 22.1. The van der Waals surface area contributed by atoms with Crippen molar-refractivity contribution in [2.45, 2.75) is 92.6 Å². The number of phosphoric ester groups is 1. The predicted octanol–water partition coefficient (Wildman–Crippen LogP) is 5.94. The van der Waals surface area contributed by atoms with E-state index in [0.29, 0.717) is 6.42 Å². The fraction of sp³-hybridized carbons (Fsp3) is 1.00. The zero-order valence-electron chi connectivity index (χ0n) is 15.9. The first-order chi connectivity index (χ1) is 9.80. The molecule has 0 saturated heterocycles. The van der Waals surface area contributed by atoms with Crippen molar-refractivity contribution in [2.24, 2.45) is 10.8 Å². The van der Waals surface area contributed by atoms with Crippen LogP contribution in [0, 0.1) is 10.8 Å². The lowest BCUT2D eigenvalue weighted by molar-refractivity contribution is -0.00605. The van der Waals surface area contributed by atoms with Crippen LogP contribution >= 0.6 is 7.82 Å². The summed E-state index contributed by atoms with van der Waals surface area (Å²) in [5, 5.41) is 0. The second-order valence-electron chi connectivity index (χ2n) is 8.33. The van der Waals surface area contributed by atoms with Gasteiger partial charge in [-0.1, -0.05) is 54.4 Å². The first-order valence-corrected chi connectivity index (χ1v) is 9.89. The molecular weight excluding hydrogens is 299 g/mol. The molecule has 0 bridgehead atoms. The van der Waals surface area contributed by atoms with E-state index in [1.165, 1.54) is 26.4 Å². The van der Waals surface area contributed by atoms with Gasteiger partial charge in [0.05, 0.1) is 5.60 Å². The van der Waals surface area contributed by atoms with Gasteiger partial charge in [0.2, 0.25) is 0 Å². The molecule has 134 valence electrons. The van der Waals surface area contributed by atoms with Crippen LogP contribution in [0.25, 0.3) is 0 Å². The summed E-state index contributed by atoms with van der Waals surface area (Å²) in [4.78, 5) is 9.65. The van der Waals surface area contributed by atoms with Crippen molar-refractivity contribution >= 4 is 7.82 Å². The van der Waals surface area contributed by atoms with Crippen molar-refractivity contribution in [3.8, 4) is 0 Å². The smallest absolute Gasteiger partial charge is 0.302 e. The van der Waals surface area contributed by atoms with Gasteiger partial charge in [-0.25, -0.2) is 4.57 Å². The standard InChI is InChI=1S/C17H37O4P/c1-9-11-12-15(3,4)13-16(5,6)14-17(7,10-2)21-22(18,19)20-8/h9-14H2,1-8H3,(H,18,19). The van der Waals surface area contributed by atoms with E-state index < -0.39 is 13.4 Å². The molecule has 0 rings (SSSR count). The molecule has 22 heavy (non-hydrogen) atoms. The molecule has 0 aromatic carbocycles. The molecule has 0 aliphatic heterocycles. The Kier molecular flexibility index (Phi) is 8.32. The van der Waals surface area contributed by atoms with Crippen molar-refractivity contribution in [3.63, 3.8) is 0 Å². The van der Waals surface area contributed by atoms with Gasteiger partial charge in [-0.05, 0) is 43.4 Å². The molecule has 0 fully saturated rings. The number of hydrogen-bond donors (Lipinski definition) is 1. The highest BCUT2D eigenvalue weighted by molar-refractivity contribution is 7.47. The molecule has 0 aromatic rings. The molecule has 0 heterocycles. The topological polar surface area (TPSA) is 55.8 Å². The zero-order valence-corrected chi connectivity index (χ0v) is 16.8. The summed E-state index contributed by atoms with van der Waals surface area (Å²) in [7, 11) is -2.76. The number of phosphoric acid groups is 1. The van der Waals surface area contributed by atoms with Crippen LogP contribution in [0.2, 0.25) is 0 Å². The summed E-state index contributed by atoms with van der Waals surface area (Å²) >= 11 is 0. The largest absolute Gasteiger partial charge is 0.472 e. The van der Waals surface area contributed by atoms with E-state index in [1.54, 1.807) is 0 Å². The van der Waals surface area contributed by atoms with Gasteiger partial charge < -0.3 is 4.89 Å². The fourth-order valence-electron chi connectivity index (χ4n) is 3.65. The van der Waals surface area contributed by atoms with Crippen LogP contribution in [-0.2, 0) is 13.6 Å². The van der Waals surface area contributed by atoms with Crippen LogP contribution in [-0.4, -0.2) is 17.6 Å². The normalized spacial score (nSPS) is 18.8. The molecule has 0 radical (unpaired) electrons. The molecule has 1 N–H and O–H groups in total. The van der Waals surface area contributed by atoms with Gasteiger partial charge in [-0.2, -0.15) is 0 Å². The van der Waals surface area contributed by atoms with Crippen molar-refractivity contribution in [1.29, 1.82) is 0 Å². The Labute approximate surface area is 137 Å². The van der Waals surface area contributed by atoms with Gasteiger partial charge in [-0.3, -0.25) is 9.05 Å². The van der Waals surface area contributed by atoms with Crippen LogP contribution in [0.4, 0.5) is 0 Å². The molecule has 0 saturated carbocycles. The molecule has 0 aliphatic carbocycles. The van der Waals surface area contributed by atoms with Crippen molar-refractivity contribution in [2.75, 3.05) is 7.11 Å². The van der Waals surface area contributed by atoms with Gasteiger partial charge in [0.15, 0.2) is 0 Å². The van der Waals surface area contributed by atoms with Crippen molar-refractivity contribution in [1.82, 2.24) is 0 Å². The Hall–Kier alpha value is 0.110. The lowest BCUT2D eigenvalue weighted by Gasteiger charge is -2.41. The maximum atomic E-state index is 11.8.